The number of hydrogen-bond donors (Lipinski definition) is 2. The first-order chi connectivity index (χ1) is 8.82. The predicted octanol–water partition coefficient (Wildman–Crippen LogP) is 0.797. The van der Waals surface area contributed by atoms with Crippen LogP contribution in [-0.4, -0.2) is 38.2 Å². The molecule has 0 saturated heterocycles. The maximum absolute atomic E-state index is 11.8. The van der Waals surface area contributed by atoms with Gasteiger partial charge in [0.25, 0.3) is 11.6 Å². The molecule has 104 valence electrons. The molecule has 0 fully saturated rings. The molecule has 0 bridgehead atoms. The molecule has 1 aromatic rings. The number of nitrogens with one attached hydrogen (secondary N) is 1. The van der Waals surface area contributed by atoms with Crippen molar-refractivity contribution in [3.8, 4) is 5.75 Å². The summed E-state index contributed by atoms with van der Waals surface area (Å²) in [6.45, 7) is 1.82. The zero-order valence-corrected chi connectivity index (χ0v) is 11.3. The molecule has 0 spiro atoms. The van der Waals surface area contributed by atoms with E-state index in [9.17, 15) is 24.2 Å². The molecule has 2 unspecified atom stereocenters. The maximum atomic E-state index is 11.8. The van der Waals surface area contributed by atoms with Crippen LogP contribution in [0.15, 0.2) is 18.2 Å². The van der Waals surface area contributed by atoms with Crippen LogP contribution in [-0.2, 0) is 10.8 Å². The van der Waals surface area contributed by atoms with E-state index in [0.717, 1.165) is 18.2 Å². The van der Waals surface area contributed by atoms with Gasteiger partial charge >= 0.3 is 0 Å². The zero-order valence-electron chi connectivity index (χ0n) is 10.5. The Morgan fingerprint density at radius 3 is 2.74 bits per heavy atom. The second kappa shape index (κ2) is 6.28. The van der Waals surface area contributed by atoms with Gasteiger partial charge in [-0.15, -0.1) is 0 Å². The third-order valence-corrected chi connectivity index (χ3v) is 3.84. The number of phenols is 1. The lowest BCUT2D eigenvalue weighted by Crippen LogP contribution is -2.32. The fourth-order valence-electron chi connectivity index (χ4n) is 1.31. The highest BCUT2D eigenvalue weighted by Gasteiger charge is 2.21. The summed E-state index contributed by atoms with van der Waals surface area (Å²) in [6.07, 6.45) is 1.51. The number of amides is 1. The number of aromatic hydroxyl groups is 1. The highest BCUT2D eigenvalue weighted by atomic mass is 32.2. The van der Waals surface area contributed by atoms with Crippen LogP contribution in [0.4, 0.5) is 5.69 Å². The van der Waals surface area contributed by atoms with Gasteiger partial charge in [-0.2, -0.15) is 0 Å². The van der Waals surface area contributed by atoms with E-state index >= 15 is 0 Å². The normalized spacial score (nSPS) is 13.6. The average molecular weight is 286 g/mol. The number of hydrogen-bond acceptors (Lipinski definition) is 5. The Hall–Kier alpha value is -1.96. The van der Waals surface area contributed by atoms with Crippen molar-refractivity contribution in [2.75, 3.05) is 12.8 Å². The molecule has 0 aliphatic heterocycles. The predicted molar refractivity (Wildman–Crippen MR) is 70.6 cm³/mol. The number of benzene rings is 1. The van der Waals surface area contributed by atoms with E-state index < -0.39 is 21.6 Å². The Morgan fingerprint density at radius 1 is 1.58 bits per heavy atom. The lowest BCUT2D eigenvalue weighted by Gasteiger charge is -2.10. The maximum Gasteiger partial charge on any atom is 0.282 e. The fraction of sp³-hybridized carbons (Fsp3) is 0.364. The summed E-state index contributed by atoms with van der Waals surface area (Å²) in [5.41, 5.74) is -0.611. The first-order valence-corrected chi connectivity index (χ1v) is 7.03. The molecule has 0 radical (unpaired) electrons. The van der Waals surface area contributed by atoms with Crippen molar-refractivity contribution in [1.82, 2.24) is 5.32 Å². The Labute approximate surface area is 112 Å². The number of carbonyl (C=O) groups is 1. The zero-order chi connectivity index (χ0) is 14.6. The van der Waals surface area contributed by atoms with E-state index in [1.165, 1.54) is 6.26 Å². The number of rotatable bonds is 5. The van der Waals surface area contributed by atoms with Gasteiger partial charge in [0.2, 0.25) is 0 Å². The van der Waals surface area contributed by atoms with E-state index in [-0.39, 0.29) is 28.8 Å². The summed E-state index contributed by atoms with van der Waals surface area (Å²) in [5.74, 6) is -0.914. The van der Waals surface area contributed by atoms with E-state index in [2.05, 4.69) is 5.32 Å². The third-order valence-electron chi connectivity index (χ3n) is 2.54. The van der Waals surface area contributed by atoms with Gasteiger partial charge in [-0.05, 0) is 19.1 Å². The SMILES string of the molecule is CC(CNC(=O)c1cc(O)ccc1[N+](=O)[O-])S(C)=O. The molecule has 2 atom stereocenters. The lowest BCUT2D eigenvalue weighted by molar-refractivity contribution is -0.385. The van der Waals surface area contributed by atoms with Crippen LogP contribution < -0.4 is 5.32 Å². The number of carbonyl (C=O) groups excluding carboxylic acids is 1. The van der Waals surface area contributed by atoms with Crippen molar-refractivity contribution in [3.63, 3.8) is 0 Å². The monoisotopic (exact) mass is 286 g/mol. The van der Waals surface area contributed by atoms with Crippen molar-refractivity contribution in [3.05, 3.63) is 33.9 Å². The van der Waals surface area contributed by atoms with E-state index in [0.29, 0.717) is 0 Å². The third kappa shape index (κ3) is 4.02. The lowest BCUT2D eigenvalue weighted by atomic mass is 10.1. The fourth-order valence-corrected chi connectivity index (χ4v) is 1.63. The van der Waals surface area contributed by atoms with Crippen molar-refractivity contribution in [2.24, 2.45) is 0 Å². The summed E-state index contributed by atoms with van der Waals surface area (Å²) >= 11 is 0. The standard InChI is InChI=1S/C11H14N2O5S/c1-7(19(2)18)6-12-11(15)9-5-8(14)3-4-10(9)13(16)17/h3-5,7,14H,6H2,1-2H3,(H,12,15). The Morgan fingerprint density at radius 2 is 2.21 bits per heavy atom. The first-order valence-electron chi connectivity index (χ1n) is 5.40. The summed E-state index contributed by atoms with van der Waals surface area (Å²) in [7, 11) is -1.10. The van der Waals surface area contributed by atoms with Crippen LogP contribution in [0.3, 0.4) is 0 Å². The Balaban J connectivity index is 2.90. The van der Waals surface area contributed by atoms with Gasteiger partial charge in [0.1, 0.15) is 11.3 Å². The molecule has 19 heavy (non-hydrogen) atoms. The van der Waals surface area contributed by atoms with Gasteiger partial charge < -0.3 is 10.4 Å². The second-order valence-corrected chi connectivity index (χ2v) is 5.78. The quantitative estimate of drug-likeness (QED) is 0.614. The van der Waals surface area contributed by atoms with Crippen LogP contribution in [0.5, 0.6) is 5.75 Å². The molecular weight excluding hydrogens is 272 g/mol. The van der Waals surface area contributed by atoms with Crippen LogP contribution in [0, 0.1) is 10.1 Å². The molecular formula is C11H14N2O5S. The number of nitro benzene ring substituents is 1. The van der Waals surface area contributed by atoms with E-state index in [1.807, 2.05) is 0 Å². The molecule has 7 nitrogen and oxygen atoms in total. The molecule has 1 rings (SSSR count). The molecule has 0 aliphatic carbocycles. The minimum atomic E-state index is -1.10. The molecule has 0 aromatic heterocycles. The summed E-state index contributed by atoms with van der Waals surface area (Å²) < 4.78 is 11.1. The minimum absolute atomic E-state index is 0.134. The Bertz CT molecular complexity index is 532. The van der Waals surface area contributed by atoms with E-state index in [4.69, 9.17) is 0 Å². The molecule has 8 heteroatoms. The molecule has 0 saturated carbocycles. The molecule has 0 heterocycles. The van der Waals surface area contributed by atoms with Gasteiger partial charge in [0.05, 0.1) is 4.92 Å². The highest BCUT2D eigenvalue weighted by molar-refractivity contribution is 7.84. The number of nitro groups is 1. The summed E-state index contributed by atoms with van der Waals surface area (Å²) in [6, 6.07) is 3.23. The highest BCUT2D eigenvalue weighted by Crippen LogP contribution is 2.23. The number of phenolic OH excluding ortho intramolecular Hbond substituents is 1. The van der Waals surface area contributed by atoms with E-state index in [1.54, 1.807) is 6.92 Å². The molecule has 1 amide bonds. The van der Waals surface area contributed by atoms with Crippen molar-refractivity contribution >= 4 is 22.4 Å². The molecule has 2 N–H and O–H groups in total. The first kappa shape index (κ1) is 15.1. The second-order valence-electron chi connectivity index (χ2n) is 3.98. The molecule has 0 aliphatic rings. The van der Waals surface area contributed by atoms with Crippen LogP contribution in [0.1, 0.15) is 17.3 Å². The van der Waals surface area contributed by atoms with Crippen molar-refractivity contribution in [1.29, 1.82) is 0 Å². The Kier molecular flexibility index (Phi) is 4.99. The van der Waals surface area contributed by atoms with Crippen molar-refractivity contribution < 1.29 is 19.0 Å². The van der Waals surface area contributed by atoms with Crippen LogP contribution in [0.25, 0.3) is 0 Å². The van der Waals surface area contributed by atoms with Crippen LogP contribution >= 0.6 is 0 Å². The largest absolute Gasteiger partial charge is 0.508 e. The smallest absolute Gasteiger partial charge is 0.282 e. The van der Waals surface area contributed by atoms with Gasteiger partial charge in [0, 0.05) is 34.9 Å². The average Bonchev–Trinajstić information content (AvgIpc) is 2.34. The molecule has 1 aromatic carbocycles. The van der Waals surface area contributed by atoms with Gasteiger partial charge in [-0.3, -0.25) is 19.1 Å². The summed E-state index contributed by atoms with van der Waals surface area (Å²) in [4.78, 5) is 21.9. The van der Waals surface area contributed by atoms with Gasteiger partial charge in [-0.25, -0.2) is 0 Å². The summed E-state index contributed by atoms with van der Waals surface area (Å²) in [5, 5.41) is 22.3. The topological polar surface area (TPSA) is 110 Å². The van der Waals surface area contributed by atoms with Gasteiger partial charge in [0.15, 0.2) is 0 Å². The van der Waals surface area contributed by atoms with Gasteiger partial charge in [-0.1, -0.05) is 0 Å². The number of nitrogens with zero attached hydrogens (tertiary/aromatic N) is 1. The van der Waals surface area contributed by atoms with Crippen LogP contribution in [0.2, 0.25) is 0 Å². The van der Waals surface area contributed by atoms with Crippen molar-refractivity contribution in [2.45, 2.75) is 12.2 Å². The minimum Gasteiger partial charge on any atom is -0.508 e.